The van der Waals surface area contributed by atoms with Crippen molar-refractivity contribution in [3.8, 4) is 0 Å². The maximum Gasteiger partial charge on any atom is 0.326 e. The van der Waals surface area contributed by atoms with Gasteiger partial charge in [0.25, 0.3) is 0 Å². The summed E-state index contributed by atoms with van der Waals surface area (Å²) < 4.78 is 0. The van der Waals surface area contributed by atoms with Crippen LogP contribution in [0.25, 0.3) is 0 Å². The second-order valence-electron chi connectivity index (χ2n) is 6.30. The van der Waals surface area contributed by atoms with Gasteiger partial charge in [0.2, 0.25) is 0 Å². The second kappa shape index (κ2) is 6.77. The summed E-state index contributed by atoms with van der Waals surface area (Å²) in [6, 6.07) is -1.07. The lowest BCUT2D eigenvalue weighted by molar-refractivity contribution is -0.139. The van der Waals surface area contributed by atoms with Crippen molar-refractivity contribution >= 4 is 12.0 Å². The van der Waals surface area contributed by atoms with Gasteiger partial charge >= 0.3 is 12.0 Å². The van der Waals surface area contributed by atoms with Crippen molar-refractivity contribution in [2.45, 2.75) is 53.0 Å². The van der Waals surface area contributed by atoms with E-state index in [2.05, 4.69) is 32.2 Å². The van der Waals surface area contributed by atoms with Crippen LogP contribution in [0, 0.1) is 5.41 Å². The van der Waals surface area contributed by atoms with Gasteiger partial charge in [-0.15, -0.1) is 0 Å². The van der Waals surface area contributed by atoms with E-state index >= 15 is 0 Å². The van der Waals surface area contributed by atoms with Crippen LogP contribution in [-0.2, 0) is 4.79 Å². The van der Waals surface area contributed by atoms with Gasteiger partial charge in [-0.1, -0.05) is 45.8 Å². The Bertz CT molecular complexity index is 396. The quantitative estimate of drug-likeness (QED) is 0.779. The van der Waals surface area contributed by atoms with Gasteiger partial charge < -0.3 is 15.3 Å². The van der Waals surface area contributed by atoms with Crippen LogP contribution in [0.3, 0.4) is 0 Å². The normalized spacial score (nSPS) is 17.4. The van der Waals surface area contributed by atoms with Gasteiger partial charge in [-0.05, 0) is 18.3 Å². The molecule has 2 N–H and O–H groups in total. The molecule has 0 spiro atoms. The van der Waals surface area contributed by atoms with E-state index < -0.39 is 12.0 Å². The van der Waals surface area contributed by atoms with Crippen molar-refractivity contribution in [3.05, 3.63) is 11.6 Å². The lowest BCUT2D eigenvalue weighted by Crippen LogP contribution is -2.49. The Morgan fingerprint density at radius 3 is 2.50 bits per heavy atom. The maximum absolute atomic E-state index is 12.1. The van der Waals surface area contributed by atoms with Gasteiger partial charge in [0.1, 0.15) is 6.04 Å². The van der Waals surface area contributed by atoms with Crippen LogP contribution in [0.2, 0.25) is 0 Å². The molecule has 1 atom stereocenters. The van der Waals surface area contributed by atoms with Crippen LogP contribution in [0.4, 0.5) is 4.79 Å². The molecule has 0 aromatic rings. The predicted molar refractivity (Wildman–Crippen MR) is 78.6 cm³/mol. The Kier molecular flexibility index (Phi) is 5.60. The fourth-order valence-electron chi connectivity index (χ4n) is 2.32. The molecule has 114 valence electrons. The fraction of sp³-hybridized carbons (Fsp3) is 0.733. The number of nitrogens with one attached hydrogen (secondary N) is 1. The zero-order valence-electron chi connectivity index (χ0n) is 12.9. The molecular formula is C15H26N2O3. The Hall–Kier alpha value is -1.52. The van der Waals surface area contributed by atoms with E-state index in [-0.39, 0.29) is 11.4 Å². The standard InChI is InChI=1S/C15H26N2O3/c1-5-6-12(13(18)19)16-14(20)17-9-7-11(8-10-17)15(2,3)4/h7,12H,5-6,8-10H2,1-4H3,(H,16,20)(H,18,19)/t12-/m1/s1. The number of carboxylic acids is 1. The summed E-state index contributed by atoms with van der Waals surface area (Å²) in [5.74, 6) is -0.969. The maximum atomic E-state index is 12.1. The zero-order chi connectivity index (χ0) is 15.3. The molecule has 0 saturated carbocycles. The smallest absolute Gasteiger partial charge is 0.326 e. The molecule has 1 rings (SSSR count). The third-order valence-electron chi connectivity index (χ3n) is 3.63. The van der Waals surface area contributed by atoms with E-state index in [9.17, 15) is 9.59 Å². The van der Waals surface area contributed by atoms with Crippen molar-refractivity contribution in [3.63, 3.8) is 0 Å². The molecule has 20 heavy (non-hydrogen) atoms. The number of hydrogen-bond donors (Lipinski definition) is 2. The molecule has 0 saturated heterocycles. The predicted octanol–water partition coefficient (Wildman–Crippen LogP) is 2.63. The summed E-state index contributed by atoms with van der Waals surface area (Å²) in [4.78, 5) is 24.8. The minimum atomic E-state index is -0.969. The summed E-state index contributed by atoms with van der Waals surface area (Å²) in [7, 11) is 0. The number of urea groups is 1. The molecular weight excluding hydrogens is 256 g/mol. The lowest BCUT2D eigenvalue weighted by Gasteiger charge is -2.32. The molecule has 0 aromatic carbocycles. The van der Waals surface area contributed by atoms with E-state index in [4.69, 9.17) is 5.11 Å². The van der Waals surface area contributed by atoms with Gasteiger partial charge in [0.05, 0.1) is 0 Å². The number of hydrogen-bond acceptors (Lipinski definition) is 2. The minimum absolute atomic E-state index is 0.133. The highest BCUT2D eigenvalue weighted by Crippen LogP contribution is 2.29. The van der Waals surface area contributed by atoms with E-state index in [1.807, 2.05) is 6.92 Å². The molecule has 2 amide bonds. The van der Waals surface area contributed by atoms with E-state index in [0.29, 0.717) is 19.5 Å². The third-order valence-corrected chi connectivity index (χ3v) is 3.63. The Morgan fingerprint density at radius 2 is 2.10 bits per heavy atom. The molecule has 5 nitrogen and oxygen atoms in total. The number of amides is 2. The molecule has 1 aliphatic rings. The van der Waals surface area contributed by atoms with Crippen molar-refractivity contribution in [2.24, 2.45) is 5.41 Å². The Labute approximate surface area is 121 Å². The first-order valence-corrected chi connectivity index (χ1v) is 7.23. The van der Waals surface area contributed by atoms with Crippen LogP contribution in [0.15, 0.2) is 11.6 Å². The number of carbonyl (C=O) groups is 2. The monoisotopic (exact) mass is 282 g/mol. The van der Waals surface area contributed by atoms with Crippen molar-refractivity contribution < 1.29 is 14.7 Å². The molecule has 0 fully saturated rings. The molecule has 0 aliphatic carbocycles. The van der Waals surface area contributed by atoms with Crippen molar-refractivity contribution in [1.29, 1.82) is 0 Å². The van der Waals surface area contributed by atoms with Crippen LogP contribution in [0.1, 0.15) is 47.0 Å². The summed E-state index contributed by atoms with van der Waals surface area (Å²) in [5, 5.41) is 11.7. The summed E-state index contributed by atoms with van der Waals surface area (Å²) in [6.07, 6.45) is 4.12. The average Bonchev–Trinajstić information content (AvgIpc) is 2.37. The van der Waals surface area contributed by atoms with Gasteiger partial charge in [-0.3, -0.25) is 0 Å². The van der Waals surface area contributed by atoms with Crippen molar-refractivity contribution in [1.82, 2.24) is 10.2 Å². The molecule has 5 heteroatoms. The molecule has 0 bridgehead atoms. The second-order valence-corrected chi connectivity index (χ2v) is 6.30. The van der Waals surface area contributed by atoms with Gasteiger partial charge in [0, 0.05) is 13.1 Å². The van der Waals surface area contributed by atoms with Crippen LogP contribution < -0.4 is 5.32 Å². The first-order chi connectivity index (χ1) is 9.25. The number of aliphatic carboxylic acids is 1. The van der Waals surface area contributed by atoms with Gasteiger partial charge in [-0.2, -0.15) is 0 Å². The fourth-order valence-corrected chi connectivity index (χ4v) is 2.32. The zero-order valence-corrected chi connectivity index (χ0v) is 12.9. The minimum Gasteiger partial charge on any atom is -0.480 e. The third kappa shape index (κ3) is 4.54. The topological polar surface area (TPSA) is 69.6 Å². The van der Waals surface area contributed by atoms with E-state index in [1.54, 1.807) is 4.90 Å². The van der Waals surface area contributed by atoms with E-state index in [1.165, 1.54) is 5.57 Å². The van der Waals surface area contributed by atoms with Crippen LogP contribution >= 0.6 is 0 Å². The summed E-state index contributed by atoms with van der Waals surface area (Å²) in [5.41, 5.74) is 1.49. The summed E-state index contributed by atoms with van der Waals surface area (Å²) >= 11 is 0. The molecule has 0 radical (unpaired) electrons. The number of nitrogens with zero attached hydrogens (tertiary/aromatic N) is 1. The molecule has 0 aromatic heterocycles. The molecule has 1 heterocycles. The summed E-state index contributed by atoms with van der Waals surface area (Å²) in [6.45, 7) is 9.59. The number of carboxylic acid groups (broad SMARTS) is 1. The first kappa shape index (κ1) is 16.5. The Morgan fingerprint density at radius 1 is 1.45 bits per heavy atom. The highest BCUT2D eigenvalue weighted by Gasteiger charge is 2.26. The molecule has 1 aliphatic heterocycles. The van der Waals surface area contributed by atoms with Gasteiger partial charge in [0.15, 0.2) is 0 Å². The largest absolute Gasteiger partial charge is 0.480 e. The first-order valence-electron chi connectivity index (χ1n) is 7.23. The number of rotatable bonds is 4. The lowest BCUT2D eigenvalue weighted by atomic mass is 9.83. The van der Waals surface area contributed by atoms with E-state index in [0.717, 1.165) is 12.8 Å². The Balaban J connectivity index is 2.58. The van der Waals surface area contributed by atoms with Crippen LogP contribution in [-0.4, -0.2) is 41.1 Å². The van der Waals surface area contributed by atoms with Crippen molar-refractivity contribution in [2.75, 3.05) is 13.1 Å². The SMILES string of the molecule is CCC[C@@H](NC(=O)N1CC=C(C(C)(C)C)CC1)C(=O)O. The van der Waals surface area contributed by atoms with Crippen LogP contribution in [0.5, 0.6) is 0 Å². The average molecular weight is 282 g/mol. The molecule has 0 unspecified atom stereocenters. The highest BCUT2D eigenvalue weighted by atomic mass is 16.4. The number of carbonyl (C=O) groups excluding carboxylic acids is 1. The highest BCUT2D eigenvalue weighted by molar-refractivity contribution is 5.82. The van der Waals surface area contributed by atoms with Gasteiger partial charge in [-0.25, -0.2) is 9.59 Å².